The van der Waals surface area contributed by atoms with E-state index in [1.54, 1.807) is 11.9 Å². The highest BCUT2D eigenvalue weighted by Crippen LogP contribution is 2.26. The van der Waals surface area contributed by atoms with Gasteiger partial charge in [0.25, 0.3) is 0 Å². The summed E-state index contributed by atoms with van der Waals surface area (Å²) in [5.74, 6) is 0.279. The second-order valence-electron chi connectivity index (χ2n) is 7.71. The van der Waals surface area contributed by atoms with E-state index in [-0.39, 0.29) is 11.7 Å². The molecule has 3 rings (SSSR count). The molecule has 27 heavy (non-hydrogen) atoms. The zero-order valence-electron chi connectivity index (χ0n) is 16.3. The minimum atomic E-state index is -0.506. The van der Waals surface area contributed by atoms with Crippen LogP contribution in [0, 0.1) is 17.6 Å². The van der Waals surface area contributed by atoms with Gasteiger partial charge in [-0.1, -0.05) is 13.0 Å². The van der Waals surface area contributed by atoms with E-state index in [1.807, 2.05) is 0 Å². The van der Waals surface area contributed by atoms with Crippen LogP contribution in [0.1, 0.15) is 26.2 Å². The molecule has 2 atom stereocenters. The number of guanidine groups is 1. The van der Waals surface area contributed by atoms with E-state index in [0.717, 1.165) is 25.5 Å². The Morgan fingerprint density at radius 3 is 2.59 bits per heavy atom. The number of likely N-dealkylation sites (tertiary alicyclic amines) is 1. The highest BCUT2D eigenvalue weighted by Gasteiger charge is 2.27. The van der Waals surface area contributed by atoms with Crippen LogP contribution in [0.5, 0.6) is 0 Å². The Hall–Kier alpha value is -1.89. The van der Waals surface area contributed by atoms with E-state index in [2.05, 4.69) is 27.4 Å². The molecule has 0 aromatic heterocycles. The van der Waals surface area contributed by atoms with Gasteiger partial charge in [-0.05, 0) is 50.4 Å². The lowest BCUT2D eigenvalue weighted by molar-refractivity contribution is 0.287. The Balaban J connectivity index is 1.46. The Labute approximate surface area is 160 Å². The van der Waals surface area contributed by atoms with E-state index in [9.17, 15) is 8.78 Å². The average Bonchev–Trinajstić information content (AvgIpc) is 3.30. The minimum absolute atomic E-state index is 0.0731. The molecule has 0 radical (unpaired) electrons. The van der Waals surface area contributed by atoms with Crippen molar-refractivity contribution in [3.63, 3.8) is 0 Å². The fraction of sp³-hybridized carbons (Fsp3) is 0.650. The third kappa shape index (κ3) is 5.31. The quantitative estimate of drug-likeness (QED) is 0.589. The van der Waals surface area contributed by atoms with E-state index in [4.69, 9.17) is 0 Å². The van der Waals surface area contributed by atoms with Crippen molar-refractivity contribution in [2.75, 3.05) is 51.2 Å². The molecule has 2 aliphatic heterocycles. The number of aliphatic imine (C=N–C) groups is 1. The van der Waals surface area contributed by atoms with Crippen molar-refractivity contribution in [2.24, 2.45) is 10.9 Å². The molecule has 0 aliphatic carbocycles. The molecule has 5 nitrogen and oxygen atoms in total. The standard InChI is InChI=1S/C20H31F2N5/c1-15(13-26-9-3-4-10-26)12-24-20(23-2)25-16-8-11-27(14-16)19-17(21)6-5-7-18(19)22/h5-7,15-16H,3-4,8-14H2,1-2H3,(H2,23,24,25). The van der Waals surface area contributed by atoms with Crippen LogP contribution in [-0.2, 0) is 0 Å². The lowest BCUT2D eigenvalue weighted by Gasteiger charge is -2.23. The van der Waals surface area contributed by atoms with Crippen LogP contribution < -0.4 is 15.5 Å². The third-order valence-corrected chi connectivity index (χ3v) is 5.39. The van der Waals surface area contributed by atoms with Gasteiger partial charge in [0.05, 0.1) is 0 Å². The minimum Gasteiger partial charge on any atom is -0.365 e. The Bertz CT molecular complexity index is 625. The summed E-state index contributed by atoms with van der Waals surface area (Å²) in [6.45, 7) is 7.81. The Morgan fingerprint density at radius 1 is 1.22 bits per heavy atom. The second-order valence-corrected chi connectivity index (χ2v) is 7.71. The lowest BCUT2D eigenvalue weighted by Crippen LogP contribution is -2.46. The fourth-order valence-electron chi connectivity index (χ4n) is 4.00. The maximum Gasteiger partial charge on any atom is 0.191 e. The van der Waals surface area contributed by atoms with Crippen LogP contribution in [0.3, 0.4) is 0 Å². The molecular weight excluding hydrogens is 348 g/mol. The number of anilines is 1. The first kappa shape index (κ1) is 19.9. The van der Waals surface area contributed by atoms with Crippen LogP contribution in [0.4, 0.5) is 14.5 Å². The largest absolute Gasteiger partial charge is 0.365 e. The lowest BCUT2D eigenvalue weighted by atomic mass is 10.1. The highest BCUT2D eigenvalue weighted by atomic mass is 19.1. The molecule has 2 saturated heterocycles. The molecule has 2 fully saturated rings. The molecule has 0 amide bonds. The Morgan fingerprint density at radius 2 is 1.93 bits per heavy atom. The molecule has 2 aliphatic rings. The molecule has 1 aromatic rings. The normalized spacial score (nSPS) is 22.3. The molecule has 0 spiro atoms. The summed E-state index contributed by atoms with van der Waals surface area (Å²) < 4.78 is 28.0. The van der Waals surface area contributed by atoms with Gasteiger partial charge in [-0.2, -0.15) is 0 Å². The van der Waals surface area contributed by atoms with Crippen molar-refractivity contribution >= 4 is 11.6 Å². The highest BCUT2D eigenvalue weighted by molar-refractivity contribution is 5.80. The van der Waals surface area contributed by atoms with Gasteiger partial charge in [0.1, 0.15) is 17.3 Å². The van der Waals surface area contributed by atoms with Crippen LogP contribution in [-0.4, -0.2) is 63.2 Å². The van der Waals surface area contributed by atoms with Gasteiger partial charge in [0, 0.05) is 39.3 Å². The molecule has 2 unspecified atom stereocenters. The van der Waals surface area contributed by atoms with Crippen molar-refractivity contribution in [3.8, 4) is 0 Å². The summed E-state index contributed by atoms with van der Waals surface area (Å²) in [5.41, 5.74) is 0.0731. The van der Waals surface area contributed by atoms with Gasteiger partial charge in [-0.25, -0.2) is 8.78 Å². The summed E-state index contributed by atoms with van der Waals surface area (Å²) >= 11 is 0. The molecule has 0 bridgehead atoms. The molecule has 1 aromatic carbocycles. The van der Waals surface area contributed by atoms with Gasteiger partial charge in [-0.3, -0.25) is 4.99 Å². The third-order valence-electron chi connectivity index (χ3n) is 5.39. The predicted molar refractivity (Wildman–Crippen MR) is 106 cm³/mol. The first-order valence-corrected chi connectivity index (χ1v) is 9.95. The second kappa shape index (κ2) is 9.35. The van der Waals surface area contributed by atoms with Crippen LogP contribution in [0.15, 0.2) is 23.2 Å². The van der Waals surface area contributed by atoms with Crippen molar-refractivity contribution in [1.82, 2.24) is 15.5 Å². The monoisotopic (exact) mass is 379 g/mol. The smallest absolute Gasteiger partial charge is 0.191 e. The molecule has 0 saturated carbocycles. The van der Waals surface area contributed by atoms with E-state index in [0.29, 0.717) is 19.0 Å². The number of hydrogen-bond donors (Lipinski definition) is 2. The van der Waals surface area contributed by atoms with Gasteiger partial charge in [0.2, 0.25) is 0 Å². The first-order chi connectivity index (χ1) is 13.1. The van der Waals surface area contributed by atoms with Crippen molar-refractivity contribution in [1.29, 1.82) is 0 Å². The maximum absolute atomic E-state index is 14.0. The number of benzene rings is 1. The SMILES string of the molecule is CN=C(NCC(C)CN1CCCC1)NC1CCN(c2c(F)cccc2F)C1. The van der Waals surface area contributed by atoms with Gasteiger partial charge >= 0.3 is 0 Å². The molecule has 2 N–H and O–H groups in total. The summed E-state index contributed by atoms with van der Waals surface area (Å²) in [7, 11) is 1.75. The van der Waals surface area contributed by atoms with Gasteiger partial charge < -0.3 is 20.4 Å². The topological polar surface area (TPSA) is 42.9 Å². The average molecular weight is 379 g/mol. The molecule has 7 heteroatoms. The van der Waals surface area contributed by atoms with Crippen LogP contribution >= 0.6 is 0 Å². The number of nitrogens with one attached hydrogen (secondary N) is 2. The first-order valence-electron chi connectivity index (χ1n) is 9.95. The zero-order chi connectivity index (χ0) is 19.2. The van der Waals surface area contributed by atoms with E-state index < -0.39 is 11.6 Å². The number of halogens is 2. The van der Waals surface area contributed by atoms with Crippen molar-refractivity contribution in [3.05, 3.63) is 29.8 Å². The number of para-hydroxylation sites is 1. The zero-order valence-corrected chi connectivity index (χ0v) is 16.3. The van der Waals surface area contributed by atoms with Crippen molar-refractivity contribution in [2.45, 2.75) is 32.2 Å². The van der Waals surface area contributed by atoms with Crippen LogP contribution in [0.25, 0.3) is 0 Å². The molecule has 2 heterocycles. The summed E-state index contributed by atoms with van der Waals surface area (Å²) in [6, 6.07) is 4.13. The molecule has 150 valence electrons. The Kier molecular flexibility index (Phi) is 6.88. The number of rotatable bonds is 6. The fourth-order valence-corrected chi connectivity index (χ4v) is 4.00. The maximum atomic E-state index is 14.0. The van der Waals surface area contributed by atoms with E-state index >= 15 is 0 Å². The van der Waals surface area contributed by atoms with Crippen LogP contribution in [0.2, 0.25) is 0 Å². The number of nitrogens with zero attached hydrogens (tertiary/aromatic N) is 3. The predicted octanol–water partition coefficient (Wildman–Crippen LogP) is 2.44. The summed E-state index contributed by atoms with van der Waals surface area (Å²) in [5, 5.41) is 6.78. The van der Waals surface area contributed by atoms with Gasteiger partial charge in [-0.15, -0.1) is 0 Å². The summed E-state index contributed by atoms with van der Waals surface area (Å²) in [6.07, 6.45) is 3.44. The molecular formula is C20H31F2N5. The van der Waals surface area contributed by atoms with Crippen molar-refractivity contribution < 1.29 is 8.78 Å². The number of hydrogen-bond acceptors (Lipinski definition) is 3. The van der Waals surface area contributed by atoms with Gasteiger partial charge in [0.15, 0.2) is 5.96 Å². The van der Waals surface area contributed by atoms with E-state index in [1.165, 1.54) is 44.1 Å². The summed E-state index contributed by atoms with van der Waals surface area (Å²) in [4.78, 5) is 8.59.